The van der Waals surface area contributed by atoms with Gasteiger partial charge in [-0.2, -0.15) is 15.7 Å². The number of rotatable bonds is 33. The molecule has 17 rings (SSSR count). The van der Waals surface area contributed by atoms with Crippen LogP contribution in [-0.4, -0.2) is 170 Å². The Kier molecular flexibility index (Phi) is 38.2. The largest absolute Gasteiger partial charge is 0.411 e. The summed E-state index contributed by atoms with van der Waals surface area (Å²) in [4.78, 5) is 99.3. The Morgan fingerprint density at radius 2 is 0.925 bits per heavy atom. The molecule has 1 aliphatic heterocycles. The number of halogens is 1. The summed E-state index contributed by atoms with van der Waals surface area (Å²) in [5.74, 6) is 0.140. The van der Waals surface area contributed by atoms with Crippen molar-refractivity contribution in [1.29, 1.82) is 10.5 Å². The number of tetrazole rings is 1. The Balaban J connectivity index is 0.000000159. The monoisotopic (exact) mass is 1930 g/mol. The smallest absolute Gasteiger partial charge is 0.368 e. The number of fused-ring (bicyclic) bond motifs is 4. The van der Waals surface area contributed by atoms with E-state index in [-0.39, 0.29) is 43.9 Å². The van der Waals surface area contributed by atoms with Gasteiger partial charge in [0.2, 0.25) is 0 Å². The number of anilines is 4. The van der Waals surface area contributed by atoms with E-state index in [0.29, 0.717) is 81.7 Å². The van der Waals surface area contributed by atoms with Crippen molar-refractivity contribution < 1.29 is 48.8 Å². The molecule has 6 N–H and O–H groups in total. The number of nitriles is 2. The number of amides is 3. The molecule has 0 saturated carbocycles. The number of carbonyl (C=O) groups excluding carboxylic acids is 4. The van der Waals surface area contributed by atoms with Crippen LogP contribution in [0, 0.1) is 22.7 Å². The standard InChI is InChI=1S/C22H18N8O2.C22H17N5O2.C16H14N4O.C15H12N8O2.C6H4ClNO.3C4H9.CH4O.N3.Sn/c31-22(17-7-4-10-23-12-17)29(14-21-25-27-28-26-21)19-8-9-20-18(11-19)13-24-30(20)32-15-16-5-2-1-3-6-16;23-10-12-26(22(28)18-7-4-11-24-14-18)20-8-9-21-19(13-20)15-25-27(21)29-16-17-5-2-1-3-6-17;17-8-9-18-15-6-7-16-14(10-15)11-19-20(16)21-12-13-4-2-1-3-5-13;24-15(10-2-1-5-16-7-10)22(9-14-18-20-21-19-14)12-3-4-13-11(6-12)8-17-23(13)25;7-6(9)5-2-1-3-8-4-5;3*1-3-4-2;1-2;1-3-2;/h1-13H,14-15H2,(H,25,26,27,28);1-9,11,13-15H,12,16H2;1-7,10-11,18H,9,12H2;1-8,25H,9H2,(H,18,19,20,21);1-4H;3*1,3-4H2,2H3;2H,1H3;;/q;;;;;;;;;-1;+1/p+1. The van der Waals surface area contributed by atoms with Gasteiger partial charge in [-0.25, -0.2) is 0 Å². The van der Waals surface area contributed by atoms with Gasteiger partial charge in [0.25, 0.3) is 23.0 Å². The predicted octanol–water partition coefficient (Wildman–Crippen LogP) is 15.4. The van der Waals surface area contributed by atoms with E-state index in [1.165, 1.54) is 102 Å². The first kappa shape index (κ1) is 98.1. The molecule has 0 atom stereocenters. The third-order valence-corrected chi connectivity index (χ3v) is 32.9. The number of amidine groups is 1. The summed E-state index contributed by atoms with van der Waals surface area (Å²) in [6.07, 6.45) is 26.5. The van der Waals surface area contributed by atoms with Crippen molar-refractivity contribution in [2.24, 2.45) is 8.56 Å². The molecule has 134 heavy (non-hydrogen) atoms. The molecule has 1 aliphatic rings. The second-order valence-electron chi connectivity index (χ2n) is 29.4. The normalized spacial score (nSPS) is 10.8. The van der Waals surface area contributed by atoms with Gasteiger partial charge in [-0.1, -0.05) is 116 Å². The van der Waals surface area contributed by atoms with Crippen molar-refractivity contribution in [3.63, 3.8) is 0 Å². The minimum atomic E-state index is -2.45. The number of unbranched alkanes of at least 4 members (excludes halogenated alkanes) is 3. The first-order chi connectivity index (χ1) is 65.7. The van der Waals surface area contributed by atoms with E-state index in [4.69, 9.17) is 42.0 Å². The van der Waals surface area contributed by atoms with Gasteiger partial charge in [0, 0.05) is 101 Å². The number of carbonyl (C=O) groups is 4. The zero-order valence-corrected chi connectivity index (χ0v) is 77.4. The quantitative estimate of drug-likeness (QED) is 0.00423. The maximum absolute atomic E-state index is 13.2. The van der Waals surface area contributed by atoms with E-state index in [1.807, 2.05) is 146 Å². The number of aliphatic hydroxyl groups is 1. The van der Waals surface area contributed by atoms with Gasteiger partial charge in [0.1, 0.15) is 61.5 Å². The molecule has 16 aromatic rings. The van der Waals surface area contributed by atoms with Crippen LogP contribution in [0.5, 0.6) is 0 Å². The maximum atomic E-state index is 13.2. The molecule has 0 radical (unpaired) electrons. The van der Waals surface area contributed by atoms with Crippen molar-refractivity contribution in [2.75, 3.05) is 46.8 Å². The Hall–Kier alpha value is -16.5. The minimum Gasteiger partial charge on any atom is -0.411 e. The average Bonchev–Trinajstić information content (AvgIpc) is 1.73. The summed E-state index contributed by atoms with van der Waals surface area (Å²) < 4.78 is 8.18. The fourth-order valence-corrected chi connectivity index (χ4v) is 25.8. The summed E-state index contributed by atoms with van der Waals surface area (Å²) in [7, 11) is 1.00. The van der Waals surface area contributed by atoms with Gasteiger partial charge in [-0.3, -0.25) is 48.9 Å². The van der Waals surface area contributed by atoms with E-state index in [2.05, 4.69) is 122 Å². The number of hydrogen-bond acceptors (Lipinski definition) is 27. The van der Waals surface area contributed by atoms with Gasteiger partial charge in [-0.05, 0) is 150 Å². The van der Waals surface area contributed by atoms with Crippen molar-refractivity contribution in [3.8, 4) is 12.1 Å². The molecule has 0 saturated heterocycles. The first-order valence-corrected chi connectivity index (χ1v) is 50.2. The van der Waals surface area contributed by atoms with Crippen LogP contribution in [0.1, 0.15) is 123 Å². The molecule has 40 heteroatoms. The fourth-order valence-electron chi connectivity index (χ4n) is 13.5. The van der Waals surface area contributed by atoms with Crippen molar-refractivity contribution in [2.45, 2.75) is 99.0 Å². The molecule has 38 nitrogen and oxygen atoms in total. The number of azide groups is 1. The topological polar surface area (TPSA) is 482 Å². The number of pyridine rings is 4. The number of nitrogens with zero attached hydrogens (tertiary/aromatic N) is 25. The van der Waals surface area contributed by atoms with E-state index < -0.39 is 23.9 Å². The number of hydrogen-bond donors (Lipinski definition) is 6. The molecule has 9 aromatic heterocycles. The van der Waals surface area contributed by atoms with Crippen molar-refractivity contribution >= 4 is 125 Å². The molecule has 0 unspecified atom stereocenters. The number of nitrogens with one attached hydrogen (secondary N) is 4. The second kappa shape index (κ2) is 52.2. The minimum absolute atomic E-state index is 0.0715. The average molecular weight is 1930 g/mol. The van der Waals surface area contributed by atoms with Crippen molar-refractivity contribution in [1.82, 2.24) is 91.3 Å². The van der Waals surface area contributed by atoms with Crippen molar-refractivity contribution in [3.05, 3.63) is 342 Å². The van der Waals surface area contributed by atoms with Crippen LogP contribution >= 0.6 is 11.6 Å². The van der Waals surface area contributed by atoms with Crippen LogP contribution in [-0.2, 0) is 26.4 Å². The predicted molar refractivity (Wildman–Crippen MR) is 507 cm³/mol. The Bertz CT molecular complexity index is 6580. The summed E-state index contributed by atoms with van der Waals surface area (Å²) in [5, 5.41) is 74.5. The number of hydrazine groups is 1. The van der Waals surface area contributed by atoms with Crippen LogP contribution in [0.2, 0.25) is 13.3 Å². The van der Waals surface area contributed by atoms with Crippen LogP contribution in [0.15, 0.2) is 295 Å². The molecule has 7 aromatic carbocycles. The zero-order chi connectivity index (χ0) is 94.5. The Morgan fingerprint density at radius 3 is 1.31 bits per heavy atom. The van der Waals surface area contributed by atoms with Crippen LogP contribution in [0.3, 0.4) is 0 Å². The summed E-state index contributed by atoms with van der Waals surface area (Å²) >= 11 is 2.67. The Labute approximate surface area is 779 Å². The van der Waals surface area contributed by atoms with E-state index >= 15 is 0 Å². The number of aromatic amines is 1. The van der Waals surface area contributed by atoms with E-state index in [1.54, 1.807) is 126 Å². The molecular formula is C94H97ClN29O9Sn+. The van der Waals surface area contributed by atoms with E-state index in [9.17, 15) is 29.6 Å². The fraction of sp³-hybridized carbons (Fsp3) is 0.213. The van der Waals surface area contributed by atoms with E-state index in [0.717, 1.165) is 67.0 Å². The van der Waals surface area contributed by atoms with Gasteiger partial charge >= 0.3 is 111 Å². The Morgan fingerprint density at radius 1 is 0.515 bits per heavy atom. The number of aromatic nitrogens is 16. The number of aliphatic hydroxyl groups excluding tert-OH is 1. The molecular weight excluding hydrogens is 1830 g/mol. The van der Waals surface area contributed by atoms with Gasteiger partial charge in [0.05, 0.1) is 65.7 Å². The number of benzene rings is 7. The SMILES string of the molecule is CCC[CH2][Sn]([CH2]CCC)([CH2]CCC)[N]=[N+]=[N-].CO.N#CCN(C(=O)c1cccnc1)c1ccc2c(cnn2OCc2ccccc2)c1.N#CCNc1ccc2c(cnn2OCc2ccccc2)c1.O=C(Cl)c1cccnc1.O=C(c1cccnc1)N(CC1=[N+]=NNN1)c1ccc2c(cnn2O)c1.O=C(c1cccnc1)N(Cc1nn[nH]n1)c1ccc2c(cnn2OCc2ccccc2)c1. The molecule has 3 amide bonds. The van der Waals surface area contributed by atoms with Gasteiger partial charge < -0.3 is 35.0 Å². The molecule has 682 valence electrons. The third-order valence-electron chi connectivity index (χ3n) is 20.2. The van der Waals surface area contributed by atoms with Crippen LogP contribution in [0.4, 0.5) is 22.7 Å². The summed E-state index contributed by atoms with van der Waals surface area (Å²) in [5.41, 5.74) is 24.8. The summed E-state index contributed by atoms with van der Waals surface area (Å²) in [6, 6.07) is 69.1. The second-order valence-corrected chi connectivity index (χ2v) is 41.6. The van der Waals surface area contributed by atoms with Crippen LogP contribution < -0.4 is 45.5 Å². The van der Waals surface area contributed by atoms with Crippen LogP contribution in [0.25, 0.3) is 54.1 Å². The first-order valence-electron chi connectivity index (χ1n) is 42.5. The zero-order valence-electron chi connectivity index (χ0n) is 73.8. The van der Waals surface area contributed by atoms with Gasteiger partial charge in [-0.15, -0.1) is 45.7 Å². The molecule has 0 aliphatic carbocycles. The maximum Gasteiger partial charge on any atom is 0.368 e. The molecule has 0 spiro atoms. The molecule has 0 fully saturated rings. The third kappa shape index (κ3) is 28.5. The molecule has 10 heterocycles. The number of H-pyrrole nitrogens is 1. The van der Waals surface area contributed by atoms with Gasteiger partial charge in [0.15, 0.2) is 11.0 Å². The summed E-state index contributed by atoms with van der Waals surface area (Å²) in [6.45, 7) is 8.47. The molecule has 0 bridgehead atoms.